The lowest BCUT2D eigenvalue weighted by Gasteiger charge is -2.26. The molecule has 39 heavy (non-hydrogen) atoms. The highest BCUT2D eigenvalue weighted by Crippen LogP contribution is 2.19. The first-order valence-corrected chi connectivity index (χ1v) is 12.7. The normalized spacial score (nSPS) is 15.1. The first kappa shape index (κ1) is 31.2. The minimum absolute atomic E-state index is 0.0472. The van der Waals surface area contributed by atoms with Crippen LogP contribution in [0, 0.1) is 5.92 Å². The first-order valence-electron chi connectivity index (χ1n) is 12.7. The minimum Gasteiger partial charge on any atom is -0.480 e. The summed E-state index contributed by atoms with van der Waals surface area (Å²) in [5, 5.41) is 27.2. The lowest BCUT2D eigenvalue weighted by molar-refractivity contribution is -0.145. The molecule has 0 aliphatic carbocycles. The van der Waals surface area contributed by atoms with Crippen LogP contribution in [0.1, 0.15) is 45.6 Å². The number of aliphatic hydroxyl groups is 1. The molecule has 13 nitrogen and oxygen atoms in total. The molecule has 0 fully saturated rings. The van der Waals surface area contributed by atoms with Crippen LogP contribution in [0.2, 0.25) is 0 Å². The zero-order valence-electron chi connectivity index (χ0n) is 22.3. The molecule has 5 unspecified atom stereocenters. The number of carbonyl (C=O) groups excluding carboxylic acids is 4. The SMILES string of the molecule is CC(C)CC(N)C(=O)NC(Cc1c[nH]c2ccccc12)C(=O)NC(CCC(N)=O)C(=O)NC(C(=O)O)C(C)O. The van der Waals surface area contributed by atoms with Gasteiger partial charge in [-0.25, -0.2) is 4.79 Å². The van der Waals surface area contributed by atoms with Crippen molar-refractivity contribution in [2.75, 3.05) is 0 Å². The summed E-state index contributed by atoms with van der Waals surface area (Å²) < 4.78 is 0. The number of aliphatic hydroxyl groups excluding tert-OH is 1. The number of carboxylic acids is 1. The van der Waals surface area contributed by atoms with Crippen LogP contribution in [0.5, 0.6) is 0 Å². The number of aliphatic carboxylic acids is 1. The predicted octanol–water partition coefficient (Wildman–Crippen LogP) is -0.731. The van der Waals surface area contributed by atoms with Crippen molar-refractivity contribution in [2.45, 2.75) is 76.7 Å². The smallest absolute Gasteiger partial charge is 0.328 e. The van der Waals surface area contributed by atoms with E-state index >= 15 is 0 Å². The number of amides is 4. The molecule has 1 aromatic carbocycles. The maximum absolute atomic E-state index is 13.5. The third-order valence-corrected chi connectivity index (χ3v) is 6.15. The van der Waals surface area contributed by atoms with Gasteiger partial charge < -0.3 is 42.6 Å². The number of primary amides is 1. The van der Waals surface area contributed by atoms with E-state index in [1.807, 2.05) is 38.1 Å². The fourth-order valence-electron chi connectivity index (χ4n) is 4.09. The zero-order chi connectivity index (χ0) is 29.3. The van der Waals surface area contributed by atoms with E-state index in [0.29, 0.717) is 6.42 Å². The molecule has 0 radical (unpaired) electrons. The second-order valence-corrected chi connectivity index (χ2v) is 9.99. The van der Waals surface area contributed by atoms with Crippen LogP contribution in [0.4, 0.5) is 0 Å². The number of rotatable bonds is 15. The van der Waals surface area contributed by atoms with Crippen LogP contribution in [-0.2, 0) is 30.4 Å². The van der Waals surface area contributed by atoms with Crippen molar-refractivity contribution in [3.8, 4) is 0 Å². The summed E-state index contributed by atoms with van der Waals surface area (Å²) >= 11 is 0. The molecule has 0 spiro atoms. The summed E-state index contributed by atoms with van der Waals surface area (Å²) in [7, 11) is 0. The van der Waals surface area contributed by atoms with Crippen LogP contribution in [0.25, 0.3) is 10.9 Å². The van der Waals surface area contributed by atoms with Gasteiger partial charge in [-0.15, -0.1) is 0 Å². The number of hydrogen-bond acceptors (Lipinski definition) is 7. The zero-order valence-corrected chi connectivity index (χ0v) is 22.3. The summed E-state index contributed by atoms with van der Waals surface area (Å²) in [6.07, 6.45) is 0.180. The van der Waals surface area contributed by atoms with Crippen molar-refractivity contribution >= 4 is 40.5 Å². The molecule has 1 aromatic heterocycles. The van der Waals surface area contributed by atoms with E-state index in [9.17, 15) is 34.2 Å². The van der Waals surface area contributed by atoms with Gasteiger partial charge in [0.15, 0.2) is 6.04 Å². The van der Waals surface area contributed by atoms with Gasteiger partial charge in [0.05, 0.1) is 12.1 Å². The number of aromatic amines is 1. The van der Waals surface area contributed by atoms with Crippen LogP contribution in [0.3, 0.4) is 0 Å². The number of nitrogens with one attached hydrogen (secondary N) is 4. The van der Waals surface area contributed by atoms with Crippen LogP contribution < -0.4 is 27.4 Å². The van der Waals surface area contributed by atoms with E-state index in [4.69, 9.17) is 11.5 Å². The highest BCUT2D eigenvalue weighted by Gasteiger charge is 2.32. The van der Waals surface area contributed by atoms with Gasteiger partial charge in [-0.2, -0.15) is 0 Å². The quantitative estimate of drug-likeness (QED) is 0.142. The summed E-state index contributed by atoms with van der Waals surface area (Å²) in [4.78, 5) is 65.2. The Bertz CT molecular complexity index is 1180. The number of carboxylic acid groups (broad SMARTS) is 1. The Morgan fingerprint density at radius 2 is 1.56 bits per heavy atom. The largest absolute Gasteiger partial charge is 0.480 e. The van der Waals surface area contributed by atoms with Crippen molar-refractivity contribution in [1.82, 2.24) is 20.9 Å². The Balaban J connectivity index is 2.32. The van der Waals surface area contributed by atoms with Crippen molar-refractivity contribution < 1.29 is 34.2 Å². The van der Waals surface area contributed by atoms with Crippen LogP contribution in [-0.4, -0.2) is 75.1 Å². The van der Waals surface area contributed by atoms with E-state index in [-0.39, 0.29) is 25.2 Å². The lowest BCUT2D eigenvalue weighted by Crippen LogP contribution is -2.58. The molecule has 214 valence electrons. The first-order chi connectivity index (χ1) is 18.3. The molecule has 4 amide bonds. The van der Waals surface area contributed by atoms with Crippen molar-refractivity contribution in [3.63, 3.8) is 0 Å². The molecule has 0 saturated heterocycles. The summed E-state index contributed by atoms with van der Waals surface area (Å²) in [6.45, 7) is 4.99. The number of hydrogen-bond donors (Lipinski definition) is 8. The van der Waals surface area contributed by atoms with Gasteiger partial charge >= 0.3 is 5.97 Å². The highest BCUT2D eigenvalue weighted by molar-refractivity contribution is 5.95. The number of fused-ring (bicyclic) bond motifs is 1. The number of nitrogens with two attached hydrogens (primary N) is 2. The molecule has 0 aliphatic rings. The Labute approximate surface area is 226 Å². The highest BCUT2D eigenvalue weighted by atomic mass is 16.4. The Morgan fingerprint density at radius 3 is 2.15 bits per heavy atom. The van der Waals surface area contributed by atoms with E-state index < -0.39 is 59.9 Å². The fourth-order valence-corrected chi connectivity index (χ4v) is 4.09. The molecule has 13 heteroatoms. The Morgan fingerprint density at radius 1 is 0.949 bits per heavy atom. The molecule has 0 aliphatic heterocycles. The lowest BCUT2D eigenvalue weighted by atomic mass is 10.0. The number of carbonyl (C=O) groups is 5. The predicted molar refractivity (Wildman–Crippen MR) is 143 cm³/mol. The standard InChI is InChI=1S/C26H38N6O7/c1-13(2)10-17(27)23(35)31-20(11-15-12-29-18-7-5-4-6-16(15)18)25(37)30-19(8-9-21(28)34)24(36)32-22(14(3)33)26(38)39/h4-7,12-14,17,19-20,22,29,33H,8-11,27H2,1-3H3,(H2,28,34)(H,30,37)(H,31,35)(H,32,36)(H,38,39). The van der Waals surface area contributed by atoms with Gasteiger partial charge in [-0.1, -0.05) is 32.0 Å². The molecule has 1 heterocycles. The maximum Gasteiger partial charge on any atom is 0.328 e. The van der Waals surface area contributed by atoms with Gasteiger partial charge in [-0.05, 0) is 37.3 Å². The summed E-state index contributed by atoms with van der Waals surface area (Å²) in [6, 6.07) is 2.32. The van der Waals surface area contributed by atoms with Crippen molar-refractivity contribution in [2.24, 2.45) is 17.4 Å². The number of aromatic nitrogens is 1. The molecule has 10 N–H and O–H groups in total. The van der Waals surface area contributed by atoms with E-state index in [1.165, 1.54) is 6.92 Å². The van der Waals surface area contributed by atoms with Gasteiger partial charge in [-0.3, -0.25) is 19.2 Å². The summed E-state index contributed by atoms with van der Waals surface area (Å²) in [5.74, 6) is -4.34. The van der Waals surface area contributed by atoms with Crippen molar-refractivity contribution in [3.05, 3.63) is 36.0 Å². The summed E-state index contributed by atoms with van der Waals surface area (Å²) in [5.41, 5.74) is 12.8. The van der Waals surface area contributed by atoms with Gasteiger partial charge in [0, 0.05) is 29.9 Å². The van der Waals surface area contributed by atoms with Crippen LogP contribution >= 0.6 is 0 Å². The molecule has 5 atom stereocenters. The molecule has 2 rings (SSSR count). The molecular weight excluding hydrogens is 508 g/mol. The van der Waals surface area contributed by atoms with E-state index in [1.54, 1.807) is 6.20 Å². The Kier molecular flexibility index (Phi) is 11.4. The second-order valence-electron chi connectivity index (χ2n) is 9.99. The van der Waals surface area contributed by atoms with Crippen molar-refractivity contribution in [1.29, 1.82) is 0 Å². The number of H-pyrrole nitrogens is 1. The third-order valence-electron chi connectivity index (χ3n) is 6.15. The minimum atomic E-state index is -1.65. The number of benzene rings is 1. The van der Waals surface area contributed by atoms with E-state index in [2.05, 4.69) is 20.9 Å². The van der Waals surface area contributed by atoms with Crippen LogP contribution in [0.15, 0.2) is 30.5 Å². The van der Waals surface area contributed by atoms with Gasteiger partial charge in [0.25, 0.3) is 0 Å². The molecular formula is C26H38N6O7. The second kappa shape index (κ2) is 14.3. The van der Waals surface area contributed by atoms with Gasteiger partial charge in [0.2, 0.25) is 23.6 Å². The molecule has 0 saturated carbocycles. The average Bonchev–Trinajstić information content (AvgIpc) is 3.26. The van der Waals surface area contributed by atoms with Gasteiger partial charge in [0.1, 0.15) is 12.1 Å². The van der Waals surface area contributed by atoms with E-state index in [0.717, 1.165) is 16.5 Å². The topological polar surface area (TPSA) is 230 Å². The number of para-hydroxylation sites is 1. The third kappa shape index (κ3) is 9.37. The maximum atomic E-state index is 13.5. The molecule has 2 aromatic rings. The average molecular weight is 547 g/mol. The Hall–Kier alpha value is -3.97. The monoisotopic (exact) mass is 546 g/mol. The molecule has 0 bridgehead atoms. The fraction of sp³-hybridized carbons (Fsp3) is 0.500.